The first-order valence-electron chi connectivity index (χ1n) is 25.2. The Bertz CT molecular complexity index is 1930. The second kappa shape index (κ2) is 33.2. The number of unbranched alkanes of at least 4 members (excludes halogenated alkanes) is 1. The van der Waals surface area contributed by atoms with Gasteiger partial charge in [0.15, 0.2) is 5.96 Å². The summed E-state index contributed by atoms with van der Waals surface area (Å²) < 4.78 is 0. The second-order valence-electron chi connectivity index (χ2n) is 18.7. The minimum absolute atomic E-state index is 0.0335. The molecule has 0 bridgehead atoms. The normalized spacial score (nSPS) is 17.2. The smallest absolute Gasteiger partial charge is 0.245 e. The zero-order chi connectivity index (χ0) is 55.5. The van der Waals surface area contributed by atoms with Crippen molar-refractivity contribution in [3.05, 3.63) is 0 Å². The van der Waals surface area contributed by atoms with Gasteiger partial charge in [0, 0.05) is 33.5 Å². The summed E-state index contributed by atoms with van der Waals surface area (Å²) in [6.45, 7) is 14.1. The summed E-state index contributed by atoms with van der Waals surface area (Å²) in [5, 5.41) is 34.2. The topological polar surface area (TPSA) is 410 Å². The third kappa shape index (κ3) is 23.2. The average molecular weight is 1040 g/mol. The lowest BCUT2D eigenvalue weighted by Gasteiger charge is -2.32. The number of primary amides is 1. The molecule has 1 saturated heterocycles. The van der Waals surface area contributed by atoms with E-state index in [1.54, 1.807) is 34.6 Å². The standard InChI is InChI=1S/C47H84N14O12/c1-10-17-31(40(67)58-36(25(4)11-2)43(70)57-33(19-15-22-52-47(49)50)46(73)61-23-16-20-34(61)42(69)54-27(6)39(48)66)56-45(72)38(28(7)62)60-44(71)37(26(5)12-3)59-41(68)32(18-13-14-21-51-29(8)63)55-35(65)24-53-30(9)64/h25-28,31-34,36-38,62H,10-24H2,1-9H3,(H2,48,66)(H,51,63)(H,53,64)(H,54,69)(H,55,65)(H,56,72)(H,57,70)(H,58,67)(H,59,68)(H,60,71)(H4,49,50,52)/t25-,26-,27+,28+,31-,32-,33-,34-,36-,37+,38-/m0/s1. The molecule has 0 spiro atoms. The van der Waals surface area contributed by atoms with E-state index in [0.717, 1.165) is 0 Å². The third-order valence-electron chi connectivity index (χ3n) is 12.5. The molecular formula is C47H84N14O12. The maximum atomic E-state index is 14.2. The van der Waals surface area contributed by atoms with Gasteiger partial charge in [0.25, 0.3) is 0 Å². The molecule has 11 amide bonds. The lowest BCUT2D eigenvalue weighted by Crippen LogP contribution is -2.63. The zero-order valence-electron chi connectivity index (χ0n) is 44.0. The Morgan fingerprint density at radius 3 is 1.63 bits per heavy atom. The SMILES string of the molecule is CCC[C@H](NC(=O)[C@@H](NC(=O)[C@H](NC(=O)[C@H](CCCCNC(C)=O)NC(=O)CNC(C)=O)[C@@H](C)CC)[C@@H](C)O)C(=O)N[C@H](C(=O)N[C@@H](CCCN=C(N)N)C(=O)N1CCC[C@H]1C(=O)N[C@H](C)C(N)=O)[C@@H](C)CC. The van der Waals surface area contributed by atoms with Crippen LogP contribution in [0.4, 0.5) is 0 Å². The summed E-state index contributed by atoms with van der Waals surface area (Å²) in [6.07, 6.45) is 1.58. The van der Waals surface area contributed by atoms with Crippen molar-refractivity contribution in [3.63, 3.8) is 0 Å². The Labute approximate surface area is 428 Å². The predicted octanol–water partition coefficient (Wildman–Crippen LogP) is -3.35. The number of nitrogens with two attached hydrogens (primary N) is 3. The number of likely N-dealkylation sites (tertiary alicyclic amines) is 1. The fourth-order valence-electron chi connectivity index (χ4n) is 7.74. The van der Waals surface area contributed by atoms with Crippen molar-refractivity contribution >= 4 is 70.9 Å². The number of amides is 11. The number of nitrogens with zero attached hydrogens (tertiary/aromatic N) is 2. The summed E-state index contributed by atoms with van der Waals surface area (Å²) in [6, 6.07) is -9.82. The van der Waals surface area contributed by atoms with Gasteiger partial charge in [-0.15, -0.1) is 0 Å². The average Bonchev–Trinajstić information content (AvgIpc) is 3.83. The Kier molecular flexibility index (Phi) is 29.3. The van der Waals surface area contributed by atoms with Crippen molar-refractivity contribution in [2.45, 2.75) is 187 Å². The number of rotatable bonds is 33. The van der Waals surface area contributed by atoms with Gasteiger partial charge in [-0.25, -0.2) is 0 Å². The minimum atomic E-state index is -1.65. The number of carbonyl (C=O) groups excluding carboxylic acids is 11. The van der Waals surface area contributed by atoms with Gasteiger partial charge >= 0.3 is 0 Å². The van der Waals surface area contributed by atoms with Crippen LogP contribution in [-0.2, 0) is 52.7 Å². The molecule has 11 atom stereocenters. The van der Waals surface area contributed by atoms with Crippen LogP contribution in [0.1, 0.15) is 133 Å². The van der Waals surface area contributed by atoms with Crippen LogP contribution < -0.4 is 65.1 Å². The summed E-state index contributed by atoms with van der Waals surface area (Å²) >= 11 is 0. The van der Waals surface area contributed by atoms with Crippen molar-refractivity contribution in [3.8, 4) is 0 Å². The Morgan fingerprint density at radius 1 is 0.616 bits per heavy atom. The number of aliphatic imine (C=N–C) groups is 1. The molecule has 0 aliphatic carbocycles. The monoisotopic (exact) mass is 1040 g/mol. The minimum Gasteiger partial charge on any atom is -0.391 e. The highest BCUT2D eigenvalue weighted by molar-refractivity contribution is 5.98. The van der Waals surface area contributed by atoms with Gasteiger partial charge in [-0.1, -0.05) is 53.9 Å². The van der Waals surface area contributed by atoms with Crippen LogP contribution in [0.25, 0.3) is 0 Å². The van der Waals surface area contributed by atoms with Gasteiger partial charge in [-0.2, -0.15) is 0 Å². The lowest BCUT2D eigenvalue weighted by molar-refractivity contribution is -0.142. The Morgan fingerprint density at radius 2 is 1.12 bits per heavy atom. The van der Waals surface area contributed by atoms with E-state index in [0.29, 0.717) is 45.1 Å². The van der Waals surface area contributed by atoms with E-state index in [1.807, 2.05) is 0 Å². The highest BCUT2D eigenvalue weighted by Gasteiger charge is 2.40. The van der Waals surface area contributed by atoms with E-state index in [2.05, 4.69) is 52.8 Å². The lowest BCUT2D eigenvalue weighted by atomic mass is 9.96. The zero-order valence-corrected chi connectivity index (χ0v) is 44.0. The molecule has 0 aromatic rings. The van der Waals surface area contributed by atoms with Crippen LogP contribution in [0.3, 0.4) is 0 Å². The highest BCUT2D eigenvalue weighted by atomic mass is 16.3. The largest absolute Gasteiger partial charge is 0.391 e. The molecule has 1 fully saturated rings. The van der Waals surface area contributed by atoms with E-state index < -0.39 is 132 Å². The van der Waals surface area contributed by atoms with Crippen molar-refractivity contribution < 1.29 is 57.8 Å². The molecule has 1 heterocycles. The second-order valence-corrected chi connectivity index (χ2v) is 18.7. The van der Waals surface area contributed by atoms with Crippen LogP contribution in [-0.4, -0.2) is 162 Å². The Hall–Kier alpha value is -6.60. The highest BCUT2D eigenvalue weighted by Crippen LogP contribution is 2.21. The molecule has 0 aromatic heterocycles. The molecule has 414 valence electrons. The van der Waals surface area contributed by atoms with E-state index in [9.17, 15) is 57.8 Å². The van der Waals surface area contributed by atoms with Crippen LogP contribution in [0.5, 0.6) is 0 Å². The van der Waals surface area contributed by atoms with E-state index >= 15 is 0 Å². The van der Waals surface area contributed by atoms with Crippen molar-refractivity contribution in [2.75, 3.05) is 26.2 Å². The van der Waals surface area contributed by atoms with Gasteiger partial charge < -0.3 is 75.1 Å². The number of aliphatic hydroxyl groups is 1. The summed E-state index contributed by atoms with van der Waals surface area (Å²) in [5.74, 6) is -8.64. The molecule has 73 heavy (non-hydrogen) atoms. The van der Waals surface area contributed by atoms with Gasteiger partial charge in [-0.3, -0.25) is 57.7 Å². The van der Waals surface area contributed by atoms with Crippen LogP contribution in [0.2, 0.25) is 0 Å². The van der Waals surface area contributed by atoms with Crippen molar-refractivity contribution in [1.29, 1.82) is 0 Å². The molecular weight excluding hydrogens is 953 g/mol. The van der Waals surface area contributed by atoms with Crippen LogP contribution in [0, 0.1) is 11.8 Å². The molecule has 1 rings (SSSR count). The summed E-state index contributed by atoms with van der Waals surface area (Å²) in [7, 11) is 0. The Balaban J connectivity index is 3.39. The third-order valence-corrected chi connectivity index (χ3v) is 12.5. The van der Waals surface area contributed by atoms with Crippen molar-refractivity contribution in [2.24, 2.45) is 34.0 Å². The molecule has 16 N–H and O–H groups in total. The molecule has 26 heteroatoms. The van der Waals surface area contributed by atoms with Crippen LogP contribution >= 0.6 is 0 Å². The molecule has 0 radical (unpaired) electrons. The first-order chi connectivity index (χ1) is 34.3. The van der Waals surface area contributed by atoms with Gasteiger partial charge in [0.05, 0.1) is 12.6 Å². The summed E-state index contributed by atoms with van der Waals surface area (Å²) in [4.78, 5) is 150. The fourth-order valence-corrected chi connectivity index (χ4v) is 7.74. The maximum absolute atomic E-state index is 14.2. The molecule has 1 aliphatic rings. The first kappa shape index (κ1) is 64.4. The maximum Gasteiger partial charge on any atom is 0.245 e. The number of hydrogen-bond donors (Lipinski definition) is 13. The van der Waals surface area contributed by atoms with E-state index in [1.165, 1.54) is 32.6 Å². The van der Waals surface area contributed by atoms with Crippen LogP contribution in [0.15, 0.2) is 4.99 Å². The molecule has 1 aliphatic heterocycles. The summed E-state index contributed by atoms with van der Waals surface area (Å²) in [5.41, 5.74) is 16.3. The van der Waals surface area contributed by atoms with Gasteiger partial charge in [-0.05, 0) is 77.0 Å². The molecule has 26 nitrogen and oxygen atoms in total. The molecule has 0 saturated carbocycles. The predicted molar refractivity (Wildman–Crippen MR) is 270 cm³/mol. The quantitative estimate of drug-likeness (QED) is 0.0174. The fraction of sp³-hybridized carbons (Fsp3) is 0.745. The number of hydrogen-bond acceptors (Lipinski definition) is 13. The van der Waals surface area contributed by atoms with E-state index in [-0.39, 0.29) is 57.1 Å². The number of nitrogens with one attached hydrogen (secondary N) is 9. The number of aliphatic hydroxyl groups excluding tert-OH is 1. The number of carbonyl (C=O) groups is 11. The molecule has 0 aromatic carbocycles. The first-order valence-corrected chi connectivity index (χ1v) is 25.2. The van der Waals surface area contributed by atoms with Gasteiger partial charge in [0.1, 0.15) is 48.3 Å². The van der Waals surface area contributed by atoms with Crippen molar-refractivity contribution in [1.82, 2.24) is 52.8 Å². The number of guanidine groups is 1. The van der Waals surface area contributed by atoms with E-state index in [4.69, 9.17) is 17.2 Å². The van der Waals surface area contributed by atoms with Gasteiger partial charge in [0.2, 0.25) is 65.0 Å². The molecule has 0 unspecified atom stereocenters.